The van der Waals surface area contributed by atoms with Crippen molar-refractivity contribution >= 4 is 11.5 Å². The van der Waals surface area contributed by atoms with Gasteiger partial charge in [0.05, 0.1) is 5.69 Å². The second kappa shape index (κ2) is 5.40. The molecule has 0 fully saturated rings. The van der Waals surface area contributed by atoms with Crippen molar-refractivity contribution in [2.75, 3.05) is 18.0 Å². The van der Waals surface area contributed by atoms with Crippen molar-refractivity contribution in [3.8, 4) is 0 Å². The Morgan fingerprint density at radius 1 is 1.33 bits per heavy atom. The van der Waals surface area contributed by atoms with E-state index in [1.54, 1.807) is 0 Å². The fraction of sp³-hybridized carbons (Fsp3) is 0.500. The molecule has 0 radical (unpaired) electrons. The first kappa shape index (κ1) is 12.9. The maximum Gasteiger partial charge on any atom is 0.151 e. The van der Waals surface area contributed by atoms with E-state index in [-0.39, 0.29) is 6.04 Å². The molecule has 0 aliphatic heterocycles. The predicted molar refractivity (Wildman–Crippen MR) is 76.1 cm³/mol. The van der Waals surface area contributed by atoms with Crippen molar-refractivity contribution in [1.82, 2.24) is 9.38 Å². The van der Waals surface area contributed by atoms with Gasteiger partial charge in [-0.3, -0.25) is 0 Å². The van der Waals surface area contributed by atoms with Gasteiger partial charge in [0, 0.05) is 31.7 Å². The molecular formula is C14H22N4. The van der Waals surface area contributed by atoms with E-state index in [1.807, 2.05) is 25.1 Å². The van der Waals surface area contributed by atoms with Crippen molar-refractivity contribution in [2.24, 2.45) is 5.73 Å². The van der Waals surface area contributed by atoms with Crippen molar-refractivity contribution in [1.29, 1.82) is 0 Å². The minimum Gasteiger partial charge on any atom is -0.356 e. The Morgan fingerprint density at radius 3 is 2.67 bits per heavy atom. The summed E-state index contributed by atoms with van der Waals surface area (Å²) in [5.74, 6) is 1.07. The van der Waals surface area contributed by atoms with Crippen LogP contribution in [0.3, 0.4) is 0 Å². The number of aromatic nitrogens is 2. The van der Waals surface area contributed by atoms with Crippen LogP contribution in [0.25, 0.3) is 5.65 Å². The van der Waals surface area contributed by atoms with Gasteiger partial charge >= 0.3 is 0 Å². The lowest BCUT2D eigenvalue weighted by Gasteiger charge is -2.20. The molecule has 2 N–H and O–H groups in total. The van der Waals surface area contributed by atoms with Gasteiger partial charge in [0.15, 0.2) is 5.82 Å². The Bertz CT molecular complexity index is 511. The van der Waals surface area contributed by atoms with Crippen LogP contribution in [-0.2, 0) is 6.42 Å². The average molecular weight is 246 g/mol. The molecule has 0 aromatic carbocycles. The van der Waals surface area contributed by atoms with E-state index in [0.29, 0.717) is 0 Å². The molecule has 2 rings (SSSR count). The quantitative estimate of drug-likeness (QED) is 0.878. The van der Waals surface area contributed by atoms with Crippen LogP contribution in [0.4, 0.5) is 5.82 Å². The summed E-state index contributed by atoms with van der Waals surface area (Å²) in [5.41, 5.74) is 8.17. The van der Waals surface area contributed by atoms with Crippen LogP contribution in [-0.4, -0.2) is 28.5 Å². The zero-order chi connectivity index (χ0) is 13.1. The van der Waals surface area contributed by atoms with E-state index in [4.69, 9.17) is 10.7 Å². The molecule has 1 atom stereocenters. The molecule has 0 amide bonds. The van der Waals surface area contributed by atoms with Crippen molar-refractivity contribution < 1.29 is 0 Å². The van der Waals surface area contributed by atoms with Gasteiger partial charge in [-0.1, -0.05) is 6.07 Å². The number of nitrogens with zero attached hydrogens (tertiary/aromatic N) is 3. The van der Waals surface area contributed by atoms with Crippen molar-refractivity contribution in [3.63, 3.8) is 0 Å². The van der Waals surface area contributed by atoms with Crippen molar-refractivity contribution in [3.05, 3.63) is 30.1 Å². The molecule has 4 nitrogen and oxygen atoms in total. The largest absolute Gasteiger partial charge is 0.356 e. The monoisotopic (exact) mass is 246 g/mol. The Morgan fingerprint density at radius 2 is 2.06 bits per heavy atom. The number of nitrogens with two attached hydrogens (primary N) is 1. The van der Waals surface area contributed by atoms with Crippen LogP contribution in [0.1, 0.15) is 26.5 Å². The molecule has 18 heavy (non-hydrogen) atoms. The second-order valence-corrected chi connectivity index (χ2v) is 4.66. The molecule has 98 valence electrons. The smallest absolute Gasteiger partial charge is 0.151 e. The molecule has 0 aliphatic rings. The highest BCUT2D eigenvalue weighted by molar-refractivity contribution is 5.56. The number of rotatable bonds is 5. The number of imidazole rings is 1. The normalized spacial score (nSPS) is 12.9. The first-order chi connectivity index (χ1) is 8.67. The molecule has 2 aromatic rings. The van der Waals surface area contributed by atoms with Crippen LogP contribution < -0.4 is 10.6 Å². The minimum atomic E-state index is 0.138. The van der Waals surface area contributed by atoms with E-state index in [0.717, 1.165) is 31.0 Å². The summed E-state index contributed by atoms with van der Waals surface area (Å²) in [6, 6.07) is 6.23. The molecule has 0 saturated heterocycles. The van der Waals surface area contributed by atoms with Crippen LogP contribution in [0.2, 0.25) is 0 Å². The van der Waals surface area contributed by atoms with Crippen LogP contribution in [0.5, 0.6) is 0 Å². The fourth-order valence-corrected chi connectivity index (χ4v) is 2.31. The third kappa shape index (κ3) is 2.34. The molecule has 0 bridgehead atoms. The van der Waals surface area contributed by atoms with Crippen LogP contribution in [0, 0.1) is 0 Å². The molecule has 2 heterocycles. The van der Waals surface area contributed by atoms with Gasteiger partial charge in [0.2, 0.25) is 0 Å². The summed E-state index contributed by atoms with van der Waals surface area (Å²) < 4.78 is 2.15. The summed E-state index contributed by atoms with van der Waals surface area (Å²) in [4.78, 5) is 7.02. The maximum absolute atomic E-state index is 5.97. The standard InChI is InChI=1S/C14H22N4/c1-4-17(5-2)14-12(10-11(3)15)18-9-7-6-8-13(18)16-14/h6-9,11H,4-5,10,15H2,1-3H3. The SMILES string of the molecule is CCN(CC)c1nc2ccccn2c1CC(C)N. The lowest BCUT2D eigenvalue weighted by molar-refractivity contribution is 0.710. The minimum absolute atomic E-state index is 0.138. The van der Waals surface area contributed by atoms with E-state index < -0.39 is 0 Å². The lowest BCUT2D eigenvalue weighted by Crippen LogP contribution is -2.26. The van der Waals surface area contributed by atoms with Crippen LogP contribution in [0.15, 0.2) is 24.4 Å². The average Bonchev–Trinajstić information content (AvgIpc) is 2.70. The van der Waals surface area contributed by atoms with Gasteiger partial charge in [-0.2, -0.15) is 0 Å². The topological polar surface area (TPSA) is 46.6 Å². The summed E-state index contributed by atoms with van der Waals surface area (Å²) in [5, 5.41) is 0. The molecule has 4 heteroatoms. The van der Waals surface area contributed by atoms with Crippen molar-refractivity contribution in [2.45, 2.75) is 33.2 Å². The molecule has 0 aliphatic carbocycles. The van der Waals surface area contributed by atoms with E-state index >= 15 is 0 Å². The Hall–Kier alpha value is -1.55. The van der Waals surface area contributed by atoms with E-state index in [1.165, 1.54) is 5.69 Å². The molecule has 0 saturated carbocycles. The van der Waals surface area contributed by atoms with Gasteiger partial charge in [-0.05, 0) is 32.9 Å². The van der Waals surface area contributed by atoms with Gasteiger partial charge in [-0.15, -0.1) is 0 Å². The molecule has 2 aromatic heterocycles. The summed E-state index contributed by atoms with van der Waals surface area (Å²) in [6.45, 7) is 8.28. The third-order valence-electron chi connectivity index (χ3n) is 3.19. The highest BCUT2D eigenvalue weighted by atomic mass is 15.2. The summed E-state index contributed by atoms with van der Waals surface area (Å²) in [6.07, 6.45) is 2.91. The highest BCUT2D eigenvalue weighted by Crippen LogP contribution is 2.22. The number of hydrogen-bond acceptors (Lipinski definition) is 3. The van der Waals surface area contributed by atoms with Gasteiger partial charge in [0.1, 0.15) is 5.65 Å². The summed E-state index contributed by atoms with van der Waals surface area (Å²) in [7, 11) is 0. The number of anilines is 1. The second-order valence-electron chi connectivity index (χ2n) is 4.66. The first-order valence-corrected chi connectivity index (χ1v) is 6.63. The van der Waals surface area contributed by atoms with Gasteiger partial charge < -0.3 is 15.0 Å². The third-order valence-corrected chi connectivity index (χ3v) is 3.19. The molecular weight excluding hydrogens is 224 g/mol. The lowest BCUT2D eigenvalue weighted by atomic mass is 10.2. The Kier molecular flexibility index (Phi) is 3.87. The highest BCUT2D eigenvalue weighted by Gasteiger charge is 2.16. The van der Waals surface area contributed by atoms with Gasteiger partial charge in [0.25, 0.3) is 0 Å². The predicted octanol–water partition coefficient (Wildman–Crippen LogP) is 2.07. The molecule has 1 unspecified atom stereocenters. The Labute approximate surface area is 108 Å². The van der Waals surface area contributed by atoms with E-state index in [2.05, 4.69) is 29.3 Å². The zero-order valence-corrected chi connectivity index (χ0v) is 11.4. The maximum atomic E-state index is 5.97. The van der Waals surface area contributed by atoms with Gasteiger partial charge in [-0.25, -0.2) is 4.98 Å². The fourth-order valence-electron chi connectivity index (χ4n) is 2.31. The summed E-state index contributed by atoms with van der Waals surface area (Å²) >= 11 is 0. The number of fused-ring (bicyclic) bond motifs is 1. The first-order valence-electron chi connectivity index (χ1n) is 6.63. The zero-order valence-electron chi connectivity index (χ0n) is 11.4. The number of hydrogen-bond donors (Lipinski definition) is 1. The van der Waals surface area contributed by atoms with Crippen LogP contribution >= 0.6 is 0 Å². The van der Waals surface area contributed by atoms with E-state index in [9.17, 15) is 0 Å². The molecule has 0 spiro atoms. The Balaban J connectivity index is 2.56. The number of pyridine rings is 1.